The van der Waals surface area contributed by atoms with Crippen LogP contribution in [0.25, 0.3) is 6.08 Å². The molecule has 0 N–H and O–H groups in total. The number of benzene rings is 1. The van der Waals surface area contributed by atoms with E-state index >= 15 is 0 Å². The largest absolute Gasteiger partial charge is 0.0871 e. The monoisotopic (exact) mass is 258 g/mol. The fourth-order valence-corrected chi connectivity index (χ4v) is 1.42. The topological polar surface area (TPSA) is 0 Å². The van der Waals surface area contributed by atoms with Crippen LogP contribution in [-0.4, -0.2) is 0 Å². The Labute approximate surface area is 81.5 Å². The second-order valence-corrected chi connectivity index (χ2v) is 3.14. The SMILES string of the molecule is CC=Cc1ccc(CI)cc1. The summed E-state index contributed by atoms with van der Waals surface area (Å²) in [4.78, 5) is 0. The molecule has 0 aliphatic heterocycles. The Morgan fingerprint density at radius 1 is 1.27 bits per heavy atom. The Morgan fingerprint density at radius 3 is 2.36 bits per heavy atom. The van der Waals surface area contributed by atoms with Gasteiger partial charge in [-0.15, -0.1) is 0 Å². The van der Waals surface area contributed by atoms with E-state index in [1.54, 1.807) is 0 Å². The van der Waals surface area contributed by atoms with E-state index in [9.17, 15) is 0 Å². The van der Waals surface area contributed by atoms with Gasteiger partial charge in [0.25, 0.3) is 0 Å². The summed E-state index contributed by atoms with van der Waals surface area (Å²) in [5.74, 6) is 0. The molecule has 0 spiro atoms. The molecule has 0 radical (unpaired) electrons. The lowest BCUT2D eigenvalue weighted by molar-refractivity contribution is 1.45. The first-order valence-corrected chi connectivity index (χ1v) is 5.17. The maximum absolute atomic E-state index is 2.37. The number of halogens is 1. The highest BCUT2D eigenvalue weighted by molar-refractivity contribution is 14.1. The molecule has 0 bridgehead atoms. The van der Waals surface area contributed by atoms with Gasteiger partial charge in [0.05, 0.1) is 0 Å². The maximum atomic E-state index is 2.37. The van der Waals surface area contributed by atoms with E-state index in [2.05, 4.69) is 59.0 Å². The third-order valence-electron chi connectivity index (χ3n) is 1.49. The summed E-state index contributed by atoms with van der Waals surface area (Å²) < 4.78 is 1.09. The number of rotatable bonds is 2. The molecule has 0 aliphatic rings. The zero-order valence-electron chi connectivity index (χ0n) is 6.55. The van der Waals surface area contributed by atoms with E-state index in [0.717, 1.165) is 4.43 Å². The van der Waals surface area contributed by atoms with Crippen molar-refractivity contribution in [2.45, 2.75) is 11.4 Å². The van der Waals surface area contributed by atoms with Gasteiger partial charge < -0.3 is 0 Å². The van der Waals surface area contributed by atoms with Crippen LogP contribution in [0, 0.1) is 0 Å². The number of hydrogen-bond donors (Lipinski definition) is 0. The first-order chi connectivity index (χ1) is 5.36. The molecule has 0 amide bonds. The summed E-state index contributed by atoms with van der Waals surface area (Å²) in [5, 5.41) is 0. The average Bonchev–Trinajstić information content (AvgIpc) is 2.07. The molecule has 11 heavy (non-hydrogen) atoms. The van der Waals surface area contributed by atoms with Crippen molar-refractivity contribution in [3.8, 4) is 0 Å². The first-order valence-electron chi connectivity index (χ1n) is 3.64. The number of alkyl halides is 1. The Balaban J connectivity index is 2.82. The van der Waals surface area contributed by atoms with Gasteiger partial charge in [0, 0.05) is 4.43 Å². The van der Waals surface area contributed by atoms with Crippen LogP contribution in [0.2, 0.25) is 0 Å². The highest BCUT2D eigenvalue weighted by Gasteiger charge is 1.87. The first kappa shape index (κ1) is 8.78. The molecule has 0 nitrogen and oxygen atoms in total. The molecule has 1 aromatic rings. The van der Waals surface area contributed by atoms with Gasteiger partial charge in [-0.05, 0) is 18.1 Å². The van der Waals surface area contributed by atoms with Crippen LogP contribution in [0.15, 0.2) is 30.3 Å². The minimum absolute atomic E-state index is 1.09. The molecule has 0 fully saturated rings. The van der Waals surface area contributed by atoms with E-state index < -0.39 is 0 Å². The minimum atomic E-state index is 1.09. The van der Waals surface area contributed by atoms with Crippen molar-refractivity contribution >= 4 is 28.7 Å². The van der Waals surface area contributed by atoms with Gasteiger partial charge in [-0.25, -0.2) is 0 Å². The fraction of sp³-hybridized carbons (Fsp3) is 0.200. The molecular formula is C10H11I. The lowest BCUT2D eigenvalue weighted by atomic mass is 10.1. The zero-order valence-corrected chi connectivity index (χ0v) is 8.71. The van der Waals surface area contributed by atoms with Crippen LogP contribution in [-0.2, 0) is 4.43 Å². The third-order valence-corrected chi connectivity index (χ3v) is 2.37. The summed E-state index contributed by atoms with van der Waals surface area (Å²) >= 11 is 2.37. The average molecular weight is 258 g/mol. The van der Waals surface area contributed by atoms with Gasteiger partial charge in [-0.3, -0.25) is 0 Å². The van der Waals surface area contributed by atoms with E-state index in [0.29, 0.717) is 0 Å². The van der Waals surface area contributed by atoms with Crippen LogP contribution in [0.1, 0.15) is 18.1 Å². The van der Waals surface area contributed by atoms with Crippen molar-refractivity contribution in [2.24, 2.45) is 0 Å². The number of allylic oxidation sites excluding steroid dienone is 1. The van der Waals surface area contributed by atoms with Crippen molar-refractivity contribution in [3.63, 3.8) is 0 Å². The summed E-state index contributed by atoms with van der Waals surface area (Å²) in [6, 6.07) is 8.63. The summed E-state index contributed by atoms with van der Waals surface area (Å²) in [5.41, 5.74) is 2.67. The van der Waals surface area contributed by atoms with E-state index in [1.807, 2.05) is 6.92 Å². The molecule has 1 rings (SSSR count). The predicted octanol–water partition coefficient (Wildman–Crippen LogP) is 3.65. The van der Waals surface area contributed by atoms with E-state index in [-0.39, 0.29) is 0 Å². The van der Waals surface area contributed by atoms with Crippen LogP contribution in [0.5, 0.6) is 0 Å². The van der Waals surface area contributed by atoms with E-state index in [4.69, 9.17) is 0 Å². The van der Waals surface area contributed by atoms with Gasteiger partial charge in [0.15, 0.2) is 0 Å². The second kappa shape index (κ2) is 4.54. The number of hydrogen-bond acceptors (Lipinski definition) is 0. The van der Waals surface area contributed by atoms with Gasteiger partial charge in [-0.2, -0.15) is 0 Å². The Hall–Kier alpha value is -0.310. The minimum Gasteiger partial charge on any atom is -0.0871 e. The Kier molecular flexibility index (Phi) is 3.63. The normalized spacial score (nSPS) is 10.7. The van der Waals surface area contributed by atoms with Crippen molar-refractivity contribution < 1.29 is 0 Å². The molecule has 0 aliphatic carbocycles. The van der Waals surface area contributed by atoms with Crippen LogP contribution < -0.4 is 0 Å². The zero-order chi connectivity index (χ0) is 8.10. The molecule has 0 saturated carbocycles. The maximum Gasteiger partial charge on any atom is 0.0247 e. The van der Waals surface area contributed by atoms with Crippen LogP contribution >= 0.6 is 22.6 Å². The Bertz CT molecular complexity index is 234. The molecule has 1 aromatic carbocycles. The Morgan fingerprint density at radius 2 is 1.91 bits per heavy atom. The molecule has 0 aromatic heterocycles. The van der Waals surface area contributed by atoms with Gasteiger partial charge in [0.2, 0.25) is 0 Å². The molecule has 58 valence electrons. The smallest absolute Gasteiger partial charge is 0.0247 e. The van der Waals surface area contributed by atoms with E-state index in [1.165, 1.54) is 11.1 Å². The molecule has 1 heteroatoms. The van der Waals surface area contributed by atoms with Gasteiger partial charge in [-0.1, -0.05) is 59.0 Å². The second-order valence-electron chi connectivity index (χ2n) is 2.38. The molecule has 0 atom stereocenters. The lowest BCUT2D eigenvalue weighted by Crippen LogP contribution is -1.76. The molecular weight excluding hydrogens is 247 g/mol. The van der Waals surface area contributed by atoms with Crippen molar-refractivity contribution in [1.82, 2.24) is 0 Å². The summed E-state index contributed by atoms with van der Waals surface area (Å²) in [6.07, 6.45) is 4.16. The highest BCUT2D eigenvalue weighted by Crippen LogP contribution is 2.08. The summed E-state index contributed by atoms with van der Waals surface area (Å²) in [7, 11) is 0. The third kappa shape index (κ3) is 2.66. The molecule has 0 saturated heterocycles. The standard InChI is InChI=1S/C10H11I/c1-2-3-9-4-6-10(8-11)7-5-9/h2-7H,8H2,1H3. The highest BCUT2D eigenvalue weighted by atomic mass is 127. The van der Waals surface area contributed by atoms with Crippen molar-refractivity contribution in [1.29, 1.82) is 0 Å². The predicted molar refractivity (Wildman–Crippen MR) is 58.9 cm³/mol. The van der Waals surface area contributed by atoms with Crippen LogP contribution in [0.4, 0.5) is 0 Å². The quantitative estimate of drug-likeness (QED) is 0.561. The fourth-order valence-electron chi connectivity index (χ4n) is 0.910. The van der Waals surface area contributed by atoms with Crippen molar-refractivity contribution in [3.05, 3.63) is 41.5 Å². The molecule has 0 unspecified atom stereocenters. The molecule has 0 heterocycles. The lowest BCUT2D eigenvalue weighted by Gasteiger charge is -1.95. The van der Waals surface area contributed by atoms with Crippen molar-refractivity contribution in [2.75, 3.05) is 0 Å². The van der Waals surface area contributed by atoms with Gasteiger partial charge >= 0.3 is 0 Å². The van der Waals surface area contributed by atoms with Gasteiger partial charge in [0.1, 0.15) is 0 Å². The summed E-state index contributed by atoms with van der Waals surface area (Å²) in [6.45, 7) is 2.03. The van der Waals surface area contributed by atoms with Crippen LogP contribution in [0.3, 0.4) is 0 Å².